The predicted octanol–water partition coefficient (Wildman–Crippen LogP) is 3.72. The fourth-order valence-corrected chi connectivity index (χ4v) is 2.55. The third-order valence-electron chi connectivity index (χ3n) is 3.21. The van der Waals surface area contributed by atoms with E-state index in [1.807, 2.05) is 0 Å². The van der Waals surface area contributed by atoms with Crippen molar-refractivity contribution in [1.82, 2.24) is 4.90 Å². The first-order chi connectivity index (χ1) is 9.66. The zero-order valence-electron chi connectivity index (χ0n) is 11.6. The summed E-state index contributed by atoms with van der Waals surface area (Å²) >= 11 is 12.1. The molecule has 0 amide bonds. The number of ketones is 1. The van der Waals surface area contributed by atoms with Crippen molar-refractivity contribution >= 4 is 47.5 Å². The lowest BCUT2D eigenvalue weighted by Crippen LogP contribution is -2.37. The van der Waals surface area contributed by atoms with E-state index in [1.54, 1.807) is 30.4 Å². The van der Waals surface area contributed by atoms with E-state index in [9.17, 15) is 4.79 Å². The van der Waals surface area contributed by atoms with Crippen LogP contribution in [-0.4, -0.2) is 43.5 Å². The molecule has 1 heterocycles. The van der Waals surface area contributed by atoms with Crippen LogP contribution in [0.4, 0.5) is 0 Å². The fourth-order valence-electron chi connectivity index (χ4n) is 2.02. The summed E-state index contributed by atoms with van der Waals surface area (Å²) in [7, 11) is 0. The molecule has 0 unspecified atom stereocenters. The molecule has 1 aliphatic rings. The van der Waals surface area contributed by atoms with Crippen LogP contribution in [0.5, 0.6) is 0 Å². The Morgan fingerprint density at radius 2 is 1.86 bits per heavy atom. The minimum atomic E-state index is 0. The summed E-state index contributed by atoms with van der Waals surface area (Å²) in [5.74, 6) is 0.0764. The molecule has 21 heavy (non-hydrogen) atoms. The van der Waals surface area contributed by atoms with Gasteiger partial charge in [-0.25, -0.2) is 0 Å². The van der Waals surface area contributed by atoms with Gasteiger partial charge in [-0.2, -0.15) is 0 Å². The molecule has 0 aromatic heterocycles. The average molecular weight is 351 g/mol. The second kappa shape index (κ2) is 9.44. The first-order valence-electron chi connectivity index (χ1n) is 6.62. The molecule has 1 aliphatic heterocycles. The molecule has 116 valence electrons. The summed E-state index contributed by atoms with van der Waals surface area (Å²) in [5.41, 5.74) is 0.690. The number of benzene rings is 1. The summed E-state index contributed by atoms with van der Waals surface area (Å²) in [4.78, 5) is 14.1. The third kappa shape index (κ3) is 5.97. The van der Waals surface area contributed by atoms with E-state index in [4.69, 9.17) is 27.9 Å². The summed E-state index contributed by atoms with van der Waals surface area (Å²) in [6.45, 7) is 4.06. The topological polar surface area (TPSA) is 29.5 Å². The Morgan fingerprint density at radius 1 is 1.24 bits per heavy atom. The van der Waals surface area contributed by atoms with Crippen molar-refractivity contribution in [3.63, 3.8) is 0 Å². The second-order valence-electron chi connectivity index (χ2n) is 4.64. The molecule has 1 aromatic rings. The summed E-state index contributed by atoms with van der Waals surface area (Å²) in [6, 6.07) is 5.29. The molecule has 3 nitrogen and oxygen atoms in total. The van der Waals surface area contributed by atoms with Crippen LogP contribution in [0.1, 0.15) is 12.0 Å². The predicted molar refractivity (Wildman–Crippen MR) is 89.6 cm³/mol. The minimum Gasteiger partial charge on any atom is -0.379 e. The largest absolute Gasteiger partial charge is 0.379 e. The van der Waals surface area contributed by atoms with Crippen LogP contribution in [-0.2, 0) is 9.53 Å². The standard InChI is InChI=1S/C15H17Cl2NO2.ClH/c16-14-2-1-3-15(17)13(14)5-4-12(19)6-7-18-8-10-20-11-9-18;/h1-5H,6-11H2;1H. The van der Waals surface area contributed by atoms with Crippen molar-refractivity contribution in [3.05, 3.63) is 39.9 Å². The van der Waals surface area contributed by atoms with Gasteiger partial charge in [-0.1, -0.05) is 29.3 Å². The van der Waals surface area contributed by atoms with Gasteiger partial charge in [0, 0.05) is 41.7 Å². The fraction of sp³-hybridized carbons (Fsp3) is 0.400. The molecule has 0 radical (unpaired) electrons. The highest BCUT2D eigenvalue weighted by Gasteiger charge is 2.11. The number of carbonyl (C=O) groups is 1. The van der Waals surface area contributed by atoms with Crippen molar-refractivity contribution in [1.29, 1.82) is 0 Å². The van der Waals surface area contributed by atoms with Crippen LogP contribution in [0.15, 0.2) is 24.3 Å². The monoisotopic (exact) mass is 349 g/mol. The summed E-state index contributed by atoms with van der Waals surface area (Å²) < 4.78 is 5.27. The van der Waals surface area contributed by atoms with Gasteiger partial charge in [0.1, 0.15) is 0 Å². The number of hydrogen-bond acceptors (Lipinski definition) is 3. The van der Waals surface area contributed by atoms with Crippen LogP contribution in [0.3, 0.4) is 0 Å². The van der Waals surface area contributed by atoms with Crippen molar-refractivity contribution in [2.24, 2.45) is 0 Å². The maximum Gasteiger partial charge on any atom is 0.156 e. The molecule has 0 bridgehead atoms. The van der Waals surface area contributed by atoms with E-state index in [0.717, 1.165) is 32.8 Å². The number of nitrogens with zero attached hydrogens (tertiary/aromatic N) is 1. The zero-order chi connectivity index (χ0) is 14.4. The van der Waals surface area contributed by atoms with Gasteiger partial charge < -0.3 is 4.74 Å². The molecule has 6 heteroatoms. The van der Waals surface area contributed by atoms with Crippen LogP contribution in [0.2, 0.25) is 10.0 Å². The van der Waals surface area contributed by atoms with E-state index in [-0.39, 0.29) is 18.2 Å². The Morgan fingerprint density at radius 3 is 2.48 bits per heavy atom. The summed E-state index contributed by atoms with van der Waals surface area (Å²) in [5, 5.41) is 1.10. The Bertz CT molecular complexity index is 479. The quantitative estimate of drug-likeness (QED) is 0.758. The second-order valence-corrected chi connectivity index (χ2v) is 5.45. The van der Waals surface area contributed by atoms with Crippen molar-refractivity contribution in [2.45, 2.75) is 6.42 Å². The highest BCUT2D eigenvalue weighted by molar-refractivity contribution is 6.37. The van der Waals surface area contributed by atoms with Gasteiger partial charge in [0.2, 0.25) is 0 Å². The number of allylic oxidation sites excluding steroid dienone is 1. The Labute approximate surface area is 141 Å². The van der Waals surface area contributed by atoms with Gasteiger partial charge in [0.25, 0.3) is 0 Å². The lowest BCUT2D eigenvalue weighted by molar-refractivity contribution is -0.115. The number of hydrogen-bond donors (Lipinski definition) is 0. The molecule has 0 atom stereocenters. The van der Waals surface area contributed by atoms with Gasteiger partial charge >= 0.3 is 0 Å². The highest BCUT2D eigenvalue weighted by atomic mass is 35.5. The molecular formula is C15H18Cl3NO2. The van der Waals surface area contributed by atoms with E-state index in [2.05, 4.69) is 4.90 Å². The minimum absolute atomic E-state index is 0. The average Bonchev–Trinajstić information content (AvgIpc) is 2.46. The number of morpholine rings is 1. The molecule has 1 aromatic carbocycles. The van der Waals surface area contributed by atoms with Crippen LogP contribution < -0.4 is 0 Å². The maximum atomic E-state index is 11.9. The summed E-state index contributed by atoms with van der Waals surface area (Å²) in [6.07, 6.45) is 3.73. The number of carbonyl (C=O) groups excluding carboxylic acids is 1. The molecule has 0 aliphatic carbocycles. The SMILES string of the molecule is Cl.O=C(C=Cc1c(Cl)cccc1Cl)CCN1CCOCC1. The molecule has 1 fully saturated rings. The van der Waals surface area contributed by atoms with E-state index in [1.165, 1.54) is 0 Å². The van der Waals surface area contributed by atoms with Gasteiger partial charge in [0.15, 0.2) is 5.78 Å². The van der Waals surface area contributed by atoms with Gasteiger partial charge in [0.05, 0.1) is 13.2 Å². The number of halogens is 3. The maximum absolute atomic E-state index is 11.9. The first kappa shape index (κ1) is 18.5. The van der Waals surface area contributed by atoms with Gasteiger partial charge in [-0.3, -0.25) is 9.69 Å². The van der Waals surface area contributed by atoms with Crippen molar-refractivity contribution in [2.75, 3.05) is 32.8 Å². The Kier molecular flexibility index (Phi) is 8.30. The van der Waals surface area contributed by atoms with E-state index < -0.39 is 0 Å². The first-order valence-corrected chi connectivity index (χ1v) is 7.37. The highest BCUT2D eigenvalue weighted by Crippen LogP contribution is 2.25. The molecule has 1 saturated heterocycles. The molecule has 2 rings (SSSR count). The van der Waals surface area contributed by atoms with Crippen LogP contribution >= 0.6 is 35.6 Å². The molecule has 0 saturated carbocycles. The van der Waals surface area contributed by atoms with Crippen LogP contribution in [0.25, 0.3) is 6.08 Å². The molecule has 0 spiro atoms. The third-order valence-corrected chi connectivity index (χ3v) is 3.87. The Hall–Kier alpha value is -0.580. The zero-order valence-corrected chi connectivity index (χ0v) is 13.9. The van der Waals surface area contributed by atoms with Crippen LogP contribution in [0, 0.1) is 0 Å². The lowest BCUT2D eigenvalue weighted by atomic mass is 10.1. The van der Waals surface area contributed by atoms with Gasteiger partial charge in [-0.15, -0.1) is 12.4 Å². The normalized spacial score (nSPS) is 15.9. The molecular weight excluding hydrogens is 333 g/mol. The van der Waals surface area contributed by atoms with E-state index >= 15 is 0 Å². The number of rotatable bonds is 5. The van der Waals surface area contributed by atoms with Crippen molar-refractivity contribution in [3.8, 4) is 0 Å². The smallest absolute Gasteiger partial charge is 0.156 e. The number of ether oxygens (including phenoxy) is 1. The van der Waals surface area contributed by atoms with Gasteiger partial charge in [-0.05, 0) is 24.3 Å². The van der Waals surface area contributed by atoms with Crippen molar-refractivity contribution < 1.29 is 9.53 Å². The molecule has 0 N–H and O–H groups in total. The Balaban J connectivity index is 0.00000220. The lowest BCUT2D eigenvalue weighted by Gasteiger charge is -2.25. The van der Waals surface area contributed by atoms with E-state index in [0.29, 0.717) is 22.0 Å².